The van der Waals surface area contributed by atoms with Gasteiger partial charge in [0.25, 0.3) is 0 Å². The third-order valence-corrected chi connectivity index (χ3v) is 2.03. The van der Waals surface area contributed by atoms with E-state index in [9.17, 15) is 9.59 Å². The summed E-state index contributed by atoms with van der Waals surface area (Å²) in [6.45, 7) is 4.07. The summed E-state index contributed by atoms with van der Waals surface area (Å²) in [4.78, 5) is 21.4. The molecule has 88 valence electrons. The summed E-state index contributed by atoms with van der Waals surface area (Å²) in [5, 5.41) is 8.58. The van der Waals surface area contributed by atoms with Gasteiger partial charge in [0.1, 0.15) is 5.76 Å². The van der Waals surface area contributed by atoms with Gasteiger partial charge in [-0.25, -0.2) is 4.79 Å². The molecule has 0 aliphatic carbocycles. The van der Waals surface area contributed by atoms with E-state index in [0.717, 1.165) is 11.3 Å². The zero-order valence-electron chi connectivity index (χ0n) is 9.16. The molecule has 0 saturated carbocycles. The number of carbonyl (C=O) groups is 2. The molecular formula is C9H14N4O3. The molecule has 1 aromatic rings. The van der Waals surface area contributed by atoms with E-state index in [0.29, 0.717) is 12.3 Å². The Morgan fingerprint density at radius 2 is 2.12 bits per heavy atom. The number of nitrogens with two attached hydrogens (primary N) is 1. The number of hydrogen-bond acceptors (Lipinski definition) is 5. The first-order valence-electron chi connectivity index (χ1n) is 4.72. The van der Waals surface area contributed by atoms with Crippen LogP contribution in [-0.2, 0) is 11.3 Å². The van der Waals surface area contributed by atoms with Crippen molar-refractivity contribution < 1.29 is 14.1 Å². The summed E-state index contributed by atoms with van der Waals surface area (Å²) in [6, 6.07) is -0.857. The maximum atomic E-state index is 11.0. The predicted octanol–water partition coefficient (Wildman–Crippen LogP) is -0.424. The highest BCUT2D eigenvalue weighted by Gasteiger charge is 2.09. The molecule has 0 unspecified atom stereocenters. The highest BCUT2D eigenvalue weighted by Crippen LogP contribution is 2.10. The van der Waals surface area contributed by atoms with Gasteiger partial charge >= 0.3 is 6.03 Å². The third kappa shape index (κ3) is 3.35. The van der Waals surface area contributed by atoms with E-state index in [1.807, 2.05) is 12.2 Å². The topological polar surface area (TPSA) is 110 Å². The van der Waals surface area contributed by atoms with E-state index in [-0.39, 0.29) is 6.54 Å². The Hall–Kier alpha value is -1.89. The van der Waals surface area contributed by atoms with Crippen LogP contribution in [0.4, 0.5) is 4.79 Å². The second-order valence-electron chi connectivity index (χ2n) is 3.32. The fraction of sp³-hybridized carbons (Fsp3) is 0.444. The number of nitrogens with one attached hydrogen (secondary N) is 2. The van der Waals surface area contributed by atoms with Crippen LogP contribution in [0.3, 0.4) is 0 Å². The smallest absolute Gasteiger partial charge is 0.318 e. The van der Waals surface area contributed by atoms with Gasteiger partial charge in [-0.1, -0.05) is 5.16 Å². The minimum Gasteiger partial charge on any atom is -0.361 e. The number of nitrogens with zero attached hydrogens (tertiary/aromatic N) is 1. The molecule has 0 atom stereocenters. The summed E-state index contributed by atoms with van der Waals surface area (Å²) >= 11 is 0. The molecule has 0 aromatic carbocycles. The third-order valence-electron chi connectivity index (χ3n) is 2.03. The minimum absolute atomic E-state index is 0.00694. The first kappa shape index (κ1) is 12.2. The predicted molar refractivity (Wildman–Crippen MR) is 55.4 cm³/mol. The monoisotopic (exact) mass is 226 g/mol. The van der Waals surface area contributed by atoms with Crippen LogP contribution in [-0.4, -0.2) is 23.6 Å². The van der Waals surface area contributed by atoms with E-state index < -0.39 is 11.9 Å². The lowest BCUT2D eigenvalue weighted by molar-refractivity contribution is -0.119. The first-order chi connectivity index (χ1) is 7.50. The van der Waals surface area contributed by atoms with E-state index in [1.54, 1.807) is 6.92 Å². The molecule has 7 nitrogen and oxygen atoms in total. The van der Waals surface area contributed by atoms with Crippen molar-refractivity contribution in [2.75, 3.05) is 6.54 Å². The number of carbonyl (C=O) groups excluding carboxylic acids is 2. The second-order valence-corrected chi connectivity index (χ2v) is 3.32. The van der Waals surface area contributed by atoms with Crippen LogP contribution in [0.5, 0.6) is 0 Å². The van der Waals surface area contributed by atoms with Crippen molar-refractivity contribution in [3.63, 3.8) is 0 Å². The molecule has 3 amide bonds. The van der Waals surface area contributed by atoms with E-state index >= 15 is 0 Å². The number of amides is 3. The summed E-state index contributed by atoms with van der Waals surface area (Å²) in [5.41, 5.74) is 6.47. The Morgan fingerprint density at radius 1 is 1.44 bits per heavy atom. The van der Waals surface area contributed by atoms with Crippen LogP contribution in [0.25, 0.3) is 0 Å². The summed E-state index contributed by atoms with van der Waals surface area (Å²) in [5.74, 6) is 0.236. The van der Waals surface area contributed by atoms with Crippen LogP contribution in [0.2, 0.25) is 0 Å². The van der Waals surface area contributed by atoms with Crippen LogP contribution in [0.1, 0.15) is 17.0 Å². The average molecular weight is 226 g/mol. The fourth-order valence-corrected chi connectivity index (χ4v) is 1.24. The molecule has 0 saturated heterocycles. The van der Waals surface area contributed by atoms with Gasteiger partial charge in [-0.3, -0.25) is 10.1 Å². The van der Waals surface area contributed by atoms with Crippen molar-refractivity contribution >= 4 is 11.9 Å². The Bertz CT molecular complexity index is 380. The van der Waals surface area contributed by atoms with Crippen molar-refractivity contribution in [1.82, 2.24) is 15.8 Å². The maximum absolute atomic E-state index is 11.0. The number of aromatic nitrogens is 1. The van der Waals surface area contributed by atoms with E-state index in [4.69, 9.17) is 10.3 Å². The molecule has 0 bridgehead atoms. The largest absolute Gasteiger partial charge is 0.361 e. The van der Waals surface area contributed by atoms with Gasteiger partial charge in [-0.15, -0.1) is 0 Å². The average Bonchev–Trinajstić information content (AvgIpc) is 2.47. The first-order valence-corrected chi connectivity index (χ1v) is 4.72. The van der Waals surface area contributed by atoms with Crippen LogP contribution in [0, 0.1) is 13.8 Å². The number of urea groups is 1. The molecule has 1 heterocycles. The second kappa shape index (κ2) is 5.26. The van der Waals surface area contributed by atoms with Gasteiger partial charge in [0, 0.05) is 12.1 Å². The number of hydrogen-bond donors (Lipinski definition) is 3. The summed E-state index contributed by atoms with van der Waals surface area (Å²) in [6.07, 6.45) is 0. The van der Waals surface area contributed by atoms with Crippen molar-refractivity contribution in [2.24, 2.45) is 5.73 Å². The molecule has 0 fully saturated rings. The molecule has 0 aliphatic rings. The molecule has 0 aliphatic heterocycles. The summed E-state index contributed by atoms with van der Waals surface area (Å²) in [7, 11) is 0. The van der Waals surface area contributed by atoms with Gasteiger partial charge in [0.15, 0.2) is 0 Å². The van der Waals surface area contributed by atoms with E-state index in [1.165, 1.54) is 0 Å². The molecular weight excluding hydrogens is 212 g/mol. The lowest BCUT2D eigenvalue weighted by Gasteiger charge is -2.03. The van der Waals surface area contributed by atoms with Crippen LogP contribution in [0.15, 0.2) is 4.52 Å². The quantitative estimate of drug-likeness (QED) is 0.645. The van der Waals surface area contributed by atoms with Gasteiger partial charge in [0.05, 0.1) is 12.2 Å². The molecule has 7 heteroatoms. The fourth-order valence-electron chi connectivity index (χ4n) is 1.24. The Morgan fingerprint density at radius 3 is 2.62 bits per heavy atom. The van der Waals surface area contributed by atoms with Crippen molar-refractivity contribution in [3.8, 4) is 0 Å². The van der Waals surface area contributed by atoms with Gasteiger partial charge in [-0.2, -0.15) is 0 Å². The van der Waals surface area contributed by atoms with Gasteiger partial charge in [-0.05, 0) is 13.8 Å². The van der Waals surface area contributed by atoms with Crippen LogP contribution < -0.4 is 16.4 Å². The molecule has 1 rings (SSSR count). The molecule has 4 N–H and O–H groups in total. The zero-order valence-corrected chi connectivity index (χ0v) is 9.16. The standard InChI is InChI=1S/C9H14N4O3/c1-5-7(6(2)16-13-5)3-11-4-8(14)12-9(10)15/h11H,3-4H2,1-2H3,(H3,10,12,14,15). The summed E-state index contributed by atoms with van der Waals surface area (Å²) < 4.78 is 4.95. The van der Waals surface area contributed by atoms with Gasteiger partial charge in [0.2, 0.25) is 5.91 Å². The lowest BCUT2D eigenvalue weighted by Crippen LogP contribution is -2.40. The highest BCUT2D eigenvalue weighted by atomic mass is 16.5. The number of rotatable bonds is 4. The van der Waals surface area contributed by atoms with Gasteiger partial charge < -0.3 is 15.6 Å². The van der Waals surface area contributed by atoms with Crippen molar-refractivity contribution in [2.45, 2.75) is 20.4 Å². The van der Waals surface area contributed by atoms with E-state index in [2.05, 4.69) is 10.5 Å². The van der Waals surface area contributed by atoms with Crippen molar-refractivity contribution in [3.05, 3.63) is 17.0 Å². The normalized spacial score (nSPS) is 10.1. The molecule has 0 spiro atoms. The number of imide groups is 1. The minimum atomic E-state index is -0.857. The SMILES string of the molecule is Cc1noc(C)c1CNCC(=O)NC(N)=O. The zero-order chi connectivity index (χ0) is 12.1. The lowest BCUT2D eigenvalue weighted by atomic mass is 10.2. The van der Waals surface area contributed by atoms with Crippen LogP contribution >= 0.6 is 0 Å². The Labute approximate surface area is 92.3 Å². The Kier molecular flexibility index (Phi) is 4.01. The maximum Gasteiger partial charge on any atom is 0.318 e. The number of primary amides is 1. The number of aryl methyl sites for hydroxylation is 2. The van der Waals surface area contributed by atoms with Crippen molar-refractivity contribution in [1.29, 1.82) is 0 Å². The Balaban J connectivity index is 2.36. The molecule has 16 heavy (non-hydrogen) atoms. The molecule has 1 aromatic heterocycles. The molecule has 0 radical (unpaired) electrons. The highest BCUT2D eigenvalue weighted by molar-refractivity contribution is 5.94.